The van der Waals surface area contributed by atoms with E-state index in [-0.39, 0.29) is 0 Å². The summed E-state index contributed by atoms with van der Waals surface area (Å²) in [7, 11) is 0. The third-order valence-electron chi connectivity index (χ3n) is 3.41. The van der Waals surface area contributed by atoms with Crippen molar-refractivity contribution >= 4 is 11.6 Å². The lowest BCUT2D eigenvalue weighted by atomic mass is 9.97. The van der Waals surface area contributed by atoms with E-state index in [0.29, 0.717) is 5.82 Å². The molecule has 1 aliphatic heterocycles. The molecule has 0 radical (unpaired) electrons. The molecule has 2 heterocycles. The zero-order valence-electron chi connectivity index (χ0n) is 10.4. The fourth-order valence-corrected chi connectivity index (χ4v) is 2.19. The number of nitrogens with zero attached hydrogens (tertiary/aromatic N) is 3. The van der Waals surface area contributed by atoms with E-state index in [0.717, 1.165) is 18.3 Å². The molecule has 0 aliphatic carbocycles. The fourth-order valence-electron chi connectivity index (χ4n) is 2.19. The maximum Gasteiger partial charge on any atom is 0.148 e. The summed E-state index contributed by atoms with van der Waals surface area (Å²) in [6, 6.07) is 3.65. The minimum Gasteiger partial charge on any atom is -0.382 e. The third kappa shape index (κ3) is 3.56. The number of rotatable bonds is 4. The molecule has 1 aliphatic rings. The van der Waals surface area contributed by atoms with Gasteiger partial charge in [-0.25, -0.2) is 0 Å². The van der Waals surface area contributed by atoms with Crippen LogP contribution in [0.3, 0.4) is 0 Å². The van der Waals surface area contributed by atoms with Crippen molar-refractivity contribution in [2.24, 2.45) is 5.92 Å². The number of aromatic nitrogens is 2. The first-order valence-electron chi connectivity index (χ1n) is 6.33. The topological polar surface area (TPSA) is 67.1 Å². The number of nitrogen functional groups attached to an aromatic ring is 1. The first-order chi connectivity index (χ1) is 8.28. The Bertz CT molecular complexity index is 329. The van der Waals surface area contributed by atoms with Crippen LogP contribution in [0.15, 0.2) is 12.1 Å². The molecular weight excluding hydrogens is 214 g/mol. The Morgan fingerprint density at radius 3 is 2.71 bits per heavy atom. The van der Waals surface area contributed by atoms with Crippen LogP contribution in [0.1, 0.15) is 19.8 Å². The van der Waals surface area contributed by atoms with E-state index in [9.17, 15) is 0 Å². The standard InChI is InChI=1S/C12H21N5/c1-2-17-7-5-10(6-8-17)9-14-12-4-3-11(13)15-16-12/h3-4,10H,2,5-9H2,1H3,(H2,13,15)(H,14,16). The highest BCUT2D eigenvalue weighted by atomic mass is 15.2. The zero-order chi connectivity index (χ0) is 12.1. The summed E-state index contributed by atoms with van der Waals surface area (Å²) >= 11 is 0. The summed E-state index contributed by atoms with van der Waals surface area (Å²) in [6.07, 6.45) is 2.53. The number of nitrogens with two attached hydrogens (primary N) is 1. The van der Waals surface area contributed by atoms with E-state index in [4.69, 9.17) is 5.73 Å². The smallest absolute Gasteiger partial charge is 0.148 e. The Kier molecular flexibility index (Phi) is 4.14. The number of piperidine rings is 1. The van der Waals surface area contributed by atoms with Crippen LogP contribution in [0.4, 0.5) is 11.6 Å². The van der Waals surface area contributed by atoms with Crippen molar-refractivity contribution < 1.29 is 0 Å². The molecule has 5 heteroatoms. The highest BCUT2D eigenvalue weighted by molar-refractivity contribution is 5.38. The normalized spacial score (nSPS) is 18.2. The summed E-state index contributed by atoms with van der Waals surface area (Å²) < 4.78 is 0. The Hall–Kier alpha value is -1.36. The third-order valence-corrected chi connectivity index (χ3v) is 3.41. The van der Waals surface area contributed by atoms with E-state index >= 15 is 0 Å². The van der Waals surface area contributed by atoms with Gasteiger partial charge in [-0.2, -0.15) is 0 Å². The first-order valence-corrected chi connectivity index (χ1v) is 6.33. The van der Waals surface area contributed by atoms with Gasteiger partial charge in [-0.15, -0.1) is 10.2 Å². The van der Waals surface area contributed by atoms with Crippen molar-refractivity contribution in [3.63, 3.8) is 0 Å². The second-order valence-electron chi connectivity index (χ2n) is 4.60. The molecule has 0 amide bonds. The summed E-state index contributed by atoms with van der Waals surface area (Å²) in [5.41, 5.74) is 5.49. The second-order valence-corrected chi connectivity index (χ2v) is 4.60. The van der Waals surface area contributed by atoms with Gasteiger partial charge in [-0.1, -0.05) is 6.92 Å². The van der Waals surface area contributed by atoms with Crippen LogP contribution in [-0.4, -0.2) is 41.3 Å². The number of hydrogen-bond donors (Lipinski definition) is 2. The van der Waals surface area contributed by atoms with E-state index in [1.807, 2.05) is 6.07 Å². The predicted molar refractivity (Wildman–Crippen MR) is 69.8 cm³/mol. The number of likely N-dealkylation sites (tertiary alicyclic amines) is 1. The van der Waals surface area contributed by atoms with Gasteiger partial charge in [0.1, 0.15) is 11.6 Å². The molecule has 5 nitrogen and oxygen atoms in total. The van der Waals surface area contributed by atoms with Crippen molar-refractivity contribution in [2.75, 3.05) is 37.2 Å². The molecule has 1 aromatic heterocycles. The molecule has 94 valence electrons. The van der Waals surface area contributed by atoms with Crippen molar-refractivity contribution in [2.45, 2.75) is 19.8 Å². The first kappa shape index (κ1) is 12.1. The highest BCUT2D eigenvalue weighted by Crippen LogP contribution is 2.17. The summed E-state index contributed by atoms with van der Waals surface area (Å²) in [5, 5.41) is 11.1. The average molecular weight is 235 g/mol. The van der Waals surface area contributed by atoms with Gasteiger partial charge >= 0.3 is 0 Å². The van der Waals surface area contributed by atoms with Crippen LogP contribution in [0.25, 0.3) is 0 Å². The molecule has 0 spiro atoms. The second kappa shape index (κ2) is 5.82. The van der Waals surface area contributed by atoms with Crippen LogP contribution < -0.4 is 11.1 Å². The van der Waals surface area contributed by atoms with Crippen LogP contribution in [0.5, 0.6) is 0 Å². The van der Waals surface area contributed by atoms with Crippen molar-refractivity contribution in [3.8, 4) is 0 Å². The molecule has 0 bridgehead atoms. The number of anilines is 2. The molecule has 1 aromatic rings. The zero-order valence-corrected chi connectivity index (χ0v) is 10.4. The number of hydrogen-bond acceptors (Lipinski definition) is 5. The Balaban J connectivity index is 1.74. The van der Waals surface area contributed by atoms with Gasteiger partial charge in [0.15, 0.2) is 0 Å². The van der Waals surface area contributed by atoms with E-state index < -0.39 is 0 Å². The SMILES string of the molecule is CCN1CCC(CNc2ccc(N)nn2)CC1. The molecule has 17 heavy (non-hydrogen) atoms. The van der Waals surface area contributed by atoms with Crippen LogP contribution in [-0.2, 0) is 0 Å². The molecule has 0 atom stereocenters. The minimum atomic E-state index is 0.465. The average Bonchev–Trinajstić information content (AvgIpc) is 2.39. The lowest BCUT2D eigenvalue weighted by molar-refractivity contribution is 0.198. The molecule has 0 unspecified atom stereocenters. The number of nitrogens with one attached hydrogen (secondary N) is 1. The lowest BCUT2D eigenvalue weighted by Gasteiger charge is -2.31. The van der Waals surface area contributed by atoms with Gasteiger partial charge in [0, 0.05) is 6.54 Å². The van der Waals surface area contributed by atoms with Gasteiger partial charge in [0.25, 0.3) is 0 Å². The maximum absolute atomic E-state index is 5.49. The molecular formula is C12H21N5. The van der Waals surface area contributed by atoms with Gasteiger partial charge in [-0.3, -0.25) is 0 Å². The van der Waals surface area contributed by atoms with E-state index in [1.165, 1.54) is 32.5 Å². The fraction of sp³-hybridized carbons (Fsp3) is 0.667. The van der Waals surface area contributed by atoms with Gasteiger partial charge in [0.2, 0.25) is 0 Å². The van der Waals surface area contributed by atoms with Crippen molar-refractivity contribution in [1.82, 2.24) is 15.1 Å². The summed E-state index contributed by atoms with van der Waals surface area (Å²) in [5.74, 6) is 2.03. The van der Waals surface area contributed by atoms with Gasteiger partial charge in [0.05, 0.1) is 0 Å². The summed E-state index contributed by atoms with van der Waals surface area (Å²) in [6.45, 7) is 6.81. The van der Waals surface area contributed by atoms with E-state index in [1.54, 1.807) is 6.07 Å². The predicted octanol–water partition coefficient (Wildman–Crippen LogP) is 1.20. The van der Waals surface area contributed by atoms with Crippen LogP contribution in [0.2, 0.25) is 0 Å². The highest BCUT2D eigenvalue weighted by Gasteiger charge is 2.17. The minimum absolute atomic E-state index is 0.465. The molecule has 1 saturated heterocycles. The van der Waals surface area contributed by atoms with Crippen molar-refractivity contribution in [3.05, 3.63) is 12.1 Å². The Labute approximate surface area is 102 Å². The molecule has 1 fully saturated rings. The van der Waals surface area contributed by atoms with Crippen LogP contribution in [0, 0.1) is 5.92 Å². The maximum atomic E-state index is 5.49. The lowest BCUT2D eigenvalue weighted by Crippen LogP contribution is -2.35. The molecule has 3 N–H and O–H groups in total. The van der Waals surface area contributed by atoms with Gasteiger partial charge in [-0.05, 0) is 50.5 Å². The van der Waals surface area contributed by atoms with Crippen LogP contribution >= 0.6 is 0 Å². The summed E-state index contributed by atoms with van der Waals surface area (Å²) in [4.78, 5) is 2.50. The molecule has 2 rings (SSSR count). The Morgan fingerprint density at radius 2 is 2.12 bits per heavy atom. The van der Waals surface area contributed by atoms with Crippen molar-refractivity contribution in [1.29, 1.82) is 0 Å². The largest absolute Gasteiger partial charge is 0.382 e. The molecule has 0 saturated carbocycles. The Morgan fingerprint density at radius 1 is 1.35 bits per heavy atom. The van der Waals surface area contributed by atoms with E-state index in [2.05, 4.69) is 27.3 Å². The molecule has 0 aromatic carbocycles. The quantitative estimate of drug-likeness (QED) is 0.821. The monoisotopic (exact) mass is 235 g/mol. The van der Waals surface area contributed by atoms with Gasteiger partial charge < -0.3 is 16.0 Å².